The van der Waals surface area contributed by atoms with Crippen molar-refractivity contribution in [1.82, 2.24) is 19.7 Å². The molecule has 0 aliphatic carbocycles. The van der Waals surface area contributed by atoms with Crippen LogP contribution in [0.4, 0.5) is 0 Å². The summed E-state index contributed by atoms with van der Waals surface area (Å²) in [5.41, 5.74) is 8.86. The summed E-state index contributed by atoms with van der Waals surface area (Å²) in [5, 5.41) is 5.16. The summed E-state index contributed by atoms with van der Waals surface area (Å²) in [7, 11) is 3.55. The lowest BCUT2D eigenvalue weighted by Gasteiger charge is -2.09. The zero-order valence-electron chi connectivity index (χ0n) is 11.9. The van der Waals surface area contributed by atoms with Crippen LogP contribution in [0, 0.1) is 0 Å². The number of imidazole rings is 1. The molecule has 3 rings (SSSR count). The fourth-order valence-corrected chi connectivity index (χ4v) is 3.08. The molecule has 6 nitrogen and oxygen atoms in total. The standard InChI is InChI=1S/C14H17N5OS/c1-19-8-9(7-16-19)13(6-15)21-14-17-11-4-3-10(20-2)5-12(11)18-14/h3-5,7-8,13H,6,15H2,1-2H3,(H,17,18). The number of methoxy groups -OCH3 is 1. The van der Waals surface area contributed by atoms with Crippen LogP contribution in [0.25, 0.3) is 11.0 Å². The number of hydrogen-bond donors (Lipinski definition) is 2. The predicted molar refractivity (Wildman–Crippen MR) is 83.5 cm³/mol. The van der Waals surface area contributed by atoms with Gasteiger partial charge in [0.2, 0.25) is 0 Å². The van der Waals surface area contributed by atoms with Crippen LogP contribution < -0.4 is 10.5 Å². The third-order valence-electron chi connectivity index (χ3n) is 3.23. The highest BCUT2D eigenvalue weighted by molar-refractivity contribution is 7.99. The lowest BCUT2D eigenvalue weighted by atomic mass is 10.2. The molecule has 0 fully saturated rings. The van der Waals surface area contributed by atoms with Crippen LogP contribution in [0.15, 0.2) is 35.7 Å². The summed E-state index contributed by atoms with van der Waals surface area (Å²) < 4.78 is 7.00. The van der Waals surface area contributed by atoms with E-state index in [0.29, 0.717) is 6.54 Å². The molecular weight excluding hydrogens is 286 g/mol. The highest BCUT2D eigenvalue weighted by Gasteiger charge is 2.15. The first-order valence-corrected chi connectivity index (χ1v) is 7.46. The van der Waals surface area contributed by atoms with E-state index < -0.39 is 0 Å². The maximum Gasteiger partial charge on any atom is 0.167 e. The number of nitrogens with one attached hydrogen (secondary N) is 1. The molecule has 1 aromatic carbocycles. The highest BCUT2D eigenvalue weighted by Crippen LogP contribution is 2.33. The minimum absolute atomic E-state index is 0.126. The first-order valence-electron chi connectivity index (χ1n) is 6.58. The molecule has 21 heavy (non-hydrogen) atoms. The summed E-state index contributed by atoms with van der Waals surface area (Å²) in [6.07, 6.45) is 3.83. The van der Waals surface area contributed by atoms with E-state index in [-0.39, 0.29) is 5.25 Å². The van der Waals surface area contributed by atoms with Gasteiger partial charge in [0.05, 0.1) is 29.6 Å². The van der Waals surface area contributed by atoms with Gasteiger partial charge in [-0.15, -0.1) is 0 Å². The van der Waals surface area contributed by atoms with E-state index in [4.69, 9.17) is 10.5 Å². The number of rotatable bonds is 5. The van der Waals surface area contributed by atoms with Gasteiger partial charge in [0.15, 0.2) is 5.16 Å². The van der Waals surface area contributed by atoms with E-state index in [9.17, 15) is 0 Å². The second-order valence-corrected chi connectivity index (χ2v) is 5.91. The lowest BCUT2D eigenvalue weighted by molar-refractivity contribution is 0.415. The van der Waals surface area contributed by atoms with Gasteiger partial charge in [-0.3, -0.25) is 4.68 Å². The van der Waals surface area contributed by atoms with E-state index in [1.54, 1.807) is 23.6 Å². The normalized spacial score (nSPS) is 12.7. The van der Waals surface area contributed by atoms with Crippen molar-refractivity contribution in [2.75, 3.05) is 13.7 Å². The number of aryl methyl sites for hydroxylation is 1. The van der Waals surface area contributed by atoms with Crippen LogP contribution in [-0.2, 0) is 7.05 Å². The minimum Gasteiger partial charge on any atom is -0.497 e. The van der Waals surface area contributed by atoms with E-state index in [1.807, 2.05) is 37.6 Å². The monoisotopic (exact) mass is 303 g/mol. The number of fused-ring (bicyclic) bond motifs is 1. The Morgan fingerprint density at radius 2 is 2.33 bits per heavy atom. The molecule has 1 atom stereocenters. The molecule has 0 aliphatic heterocycles. The smallest absolute Gasteiger partial charge is 0.167 e. The molecule has 0 radical (unpaired) electrons. The van der Waals surface area contributed by atoms with Gasteiger partial charge >= 0.3 is 0 Å². The largest absolute Gasteiger partial charge is 0.497 e. The molecule has 110 valence electrons. The van der Waals surface area contributed by atoms with Crippen molar-refractivity contribution >= 4 is 22.8 Å². The average Bonchev–Trinajstić information content (AvgIpc) is 3.09. The maximum absolute atomic E-state index is 5.88. The molecule has 0 saturated heterocycles. The van der Waals surface area contributed by atoms with Gasteiger partial charge in [-0.2, -0.15) is 5.10 Å². The fraction of sp³-hybridized carbons (Fsp3) is 0.286. The molecule has 0 aliphatic rings. The van der Waals surface area contributed by atoms with Crippen molar-refractivity contribution in [3.05, 3.63) is 36.2 Å². The number of ether oxygens (including phenoxy) is 1. The zero-order chi connectivity index (χ0) is 14.8. The van der Waals surface area contributed by atoms with Gasteiger partial charge in [-0.25, -0.2) is 4.98 Å². The molecule has 0 bridgehead atoms. The first kappa shape index (κ1) is 14.0. The Balaban J connectivity index is 1.86. The Bertz CT molecular complexity index is 751. The molecule has 0 saturated carbocycles. The Labute approximate surface area is 126 Å². The molecule has 3 aromatic rings. The van der Waals surface area contributed by atoms with Gasteiger partial charge in [0.1, 0.15) is 5.75 Å². The molecule has 0 amide bonds. The van der Waals surface area contributed by atoms with Crippen molar-refractivity contribution in [2.45, 2.75) is 10.4 Å². The van der Waals surface area contributed by atoms with Gasteiger partial charge in [-0.05, 0) is 12.1 Å². The Kier molecular flexibility index (Phi) is 3.85. The number of nitrogens with two attached hydrogens (primary N) is 1. The Morgan fingerprint density at radius 1 is 1.48 bits per heavy atom. The molecular formula is C14H17N5OS. The third-order valence-corrected chi connectivity index (χ3v) is 4.40. The summed E-state index contributed by atoms with van der Waals surface area (Å²) in [5.74, 6) is 0.810. The highest BCUT2D eigenvalue weighted by atomic mass is 32.2. The van der Waals surface area contributed by atoms with Crippen molar-refractivity contribution < 1.29 is 4.74 Å². The average molecular weight is 303 g/mol. The summed E-state index contributed by atoms with van der Waals surface area (Å²) in [6.45, 7) is 0.525. The number of aromatic amines is 1. The topological polar surface area (TPSA) is 81.8 Å². The number of hydrogen-bond acceptors (Lipinski definition) is 5. The SMILES string of the molecule is COc1ccc2nc(SC(CN)c3cnn(C)c3)[nH]c2c1. The van der Waals surface area contributed by atoms with Gasteiger partial charge in [0.25, 0.3) is 0 Å². The number of H-pyrrole nitrogens is 1. The van der Waals surface area contributed by atoms with E-state index in [1.165, 1.54) is 0 Å². The van der Waals surface area contributed by atoms with E-state index >= 15 is 0 Å². The van der Waals surface area contributed by atoms with Crippen LogP contribution >= 0.6 is 11.8 Å². The maximum atomic E-state index is 5.88. The molecule has 7 heteroatoms. The molecule has 0 spiro atoms. The van der Waals surface area contributed by atoms with Gasteiger partial charge < -0.3 is 15.5 Å². The fourth-order valence-electron chi connectivity index (χ4n) is 2.14. The Morgan fingerprint density at radius 3 is 3.00 bits per heavy atom. The van der Waals surface area contributed by atoms with Gasteiger partial charge in [0, 0.05) is 31.4 Å². The van der Waals surface area contributed by atoms with Crippen LogP contribution in [0.3, 0.4) is 0 Å². The van der Waals surface area contributed by atoms with Crippen LogP contribution in [-0.4, -0.2) is 33.4 Å². The van der Waals surface area contributed by atoms with Crippen molar-refractivity contribution in [1.29, 1.82) is 0 Å². The van der Waals surface area contributed by atoms with Crippen LogP contribution in [0.1, 0.15) is 10.8 Å². The minimum atomic E-state index is 0.126. The predicted octanol–water partition coefficient (Wildman–Crippen LogP) is 2.10. The van der Waals surface area contributed by atoms with Crippen molar-refractivity contribution in [3.8, 4) is 5.75 Å². The third kappa shape index (κ3) is 2.88. The van der Waals surface area contributed by atoms with Crippen LogP contribution in [0.2, 0.25) is 0 Å². The molecule has 2 aromatic heterocycles. The molecule has 3 N–H and O–H groups in total. The van der Waals surface area contributed by atoms with E-state index in [2.05, 4.69) is 15.1 Å². The van der Waals surface area contributed by atoms with Crippen molar-refractivity contribution in [3.63, 3.8) is 0 Å². The quantitative estimate of drug-likeness (QED) is 0.705. The molecule has 1 unspecified atom stereocenters. The number of thioether (sulfide) groups is 1. The van der Waals surface area contributed by atoms with Crippen molar-refractivity contribution in [2.24, 2.45) is 12.8 Å². The summed E-state index contributed by atoms with van der Waals surface area (Å²) in [4.78, 5) is 7.88. The zero-order valence-corrected chi connectivity index (χ0v) is 12.7. The number of nitrogens with zero attached hydrogens (tertiary/aromatic N) is 3. The van der Waals surface area contributed by atoms with Crippen LogP contribution in [0.5, 0.6) is 5.75 Å². The second kappa shape index (κ2) is 5.79. The second-order valence-electron chi connectivity index (χ2n) is 4.71. The Hall–Kier alpha value is -1.99. The summed E-state index contributed by atoms with van der Waals surface area (Å²) in [6, 6.07) is 5.78. The summed E-state index contributed by atoms with van der Waals surface area (Å²) >= 11 is 1.61. The lowest BCUT2D eigenvalue weighted by Crippen LogP contribution is -2.08. The molecule has 2 heterocycles. The van der Waals surface area contributed by atoms with Gasteiger partial charge in [-0.1, -0.05) is 11.8 Å². The number of aromatic nitrogens is 4. The number of benzene rings is 1. The first-order chi connectivity index (χ1) is 10.2. The van der Waals surface area contributed by atoms with E-state index in [0.717, 1.165) is 27.5 Å².